The number of carbonyl (C=O) groups excluding carboxylic acids is 2. The average Bonchev–Trinajstić information content (AvgIpc) is 3.52. The van der Waals surface area contributed by atoms with Crippen molar-refractivity contribution in [2.24, 2.45) is 0 Å². The molecule has 1 fully saturated rings. The average molecular weight is 548 g/mol. The van der Waals surface area contributed by atoms with Gasteiger partial charge in [-0.05, 0) is 54.2 Å². The van der Waals surface area contributed by atoms with Gasteiger partial charge in [-0.15, -0.1) is 0 Å². The van der Waals surface area contributed by atoms with E-state index in [0.29, 0.717) is 36.0 Å². The van der Waals surface area contributed by atoms with Crippen LogP contribution >= 0.6 is 34.7 Å². The number of ether oxygens (including phenoxy) is 2. The zero-order valence-electron chi connectivity index (χ0n) is 19.1. The molecule has 0 bridgehead atoms. The van der Waals surface area contributed by atoms with Crippen LogP contribution in [0.25, 0.3) is 0 Å². The molecule has 1 aliphatic carbocycles. The van der Waals surface area contributed by atoms with Crippen LogP contribution in [0.4, 0.5) is 5.69 Å². The van der Waals surface area contributed by atoms with Crippen molar-refractivity contribution in [3.63, 3.8) is 0 Å². The fourth-order valence-corrected chi connectivity index (χ4v) is 5.48. The SMILES string of the molecule is O=C(NC1CCCC1)[C@@H](c1ccc(O)cc1)N(C(=O)c1nsc(Cl)c1Cl)c1ccc2c(c1)OCCO2. The number of fused-ring (bicyclic) bond motifs is 1. The molecule has 1 atom stereocenters. The van der Waals surface area contributed by atoms with Crippen LogP contribution in [0.15, 0.2) is 42.5 Å². The van der Waals surface area contributed by atoms with Crippen molar-refractivity contribution in [2.75, 3.05) is 18.1 Å². The number of aromatic hydroxyl groups is 1. The smallest absolute Gasteiger partial charge is 0.280 e. The van der Waals surface area contributed by atoms with Gasteiger partial charge in [-0.2, -0.15) is 4.37 Å². The summed E-state index contributed by atoms with van der Waals surface area (Å²) in [6.07, 6.45) is 3.82. The molecule has 0 saturated heterocycles. The molecule has 2 N–H and O–H groups in total. The van der Waals surface area contributed by atoms with Gasteiger partial charge >= 0.3 is 0 Å². The number of phenols is 1. The Morgan fingerprint density at radius 2 is 1.75 bits per heavy atom. The summed E-state index contributed by atoms with van der Waals surface area (Å²) in [5.41, 5.74) is 0.840. The number of hydrogen-bond acceptors (Lipinski definition) is 7. The molecule has 0 unspecified atom stereocenters. The van der Waals surface area contributed by atoms with Gasteiger partial charge in [0.05, 0.1) is 0 Å². The topological polar surface area (TPSA) is 101 Å². The standard InChI is InChI=1S/C25H23Cl2N3O5S/c26-20-21(29-36-23(20)27)25(33)30(16-7-10-18-19(13-16)35-12-11-34-18)22(14-5-8-17(31)9-6-14)24(32)28-15-3-1-2-4-15/h5-10,13,15,22,31H,1-4,11-12H2,(H,28,32)/t22-/m1/s1. The lowest BCUT2D eigenvalue weighted by Gasteiger charge is -2.32. The van der Waals surface area contributed by atoms with E-state index in [0.717, 1.165) is 37.2 Å². The third-order valence-electron chi connectivity index (χ3n) is 6.24. The number of anilines is 1. The first-order valence-corrected chi connectivity index (χ1v) is 13.1. The van der Waals surface area contributed by atoms with E-state index >= 15 is 0 Å². The molecule has 2 aromatic carbocycles. The fourth-order valence-electron chi connectivity index (χ4n) is 4.50. The summed E-state index contributed by atoms with van der Waals surface area (Å²) in [5.74, 6) is 0.0938. The molecule has 2 heterocycles. The molecule has 3 aromatic rings. The summed E-state index contributed by atoms with van der Waals surface area (Å²) in [4.78, 5) is 29.1. The first kappa shape index (κ1) is 24.7. The van der Waals surface area contributed by atoms with Crippen LogP contribution < -0.4 is 19.7 Å². The maximum absolute atomic E-state index is 14.0. The number of halogens is 2. The van der Waals surface area contributed by atoms with Crippen LogP contribution in [-0.4, -0.2) is 40.6 Å². The molecule has 1 aromatic heterocycles. The van der Waals surface area contributed by atoms with Gasteiger partial charge in [0.15, 0.2) is 17.2 Å². The Bertz CT molecular complexity index is 1280. The van der Waals surface area contributed by atoms with E-state index in [1.165, 1.54) is 17.0 Å². The Hall–Kier alpha value is -3.01. The molecule has 8 nitrogen and oxygen atoms in total. The summed E-state index contributed by atoms with van der Waals surface area (Å²) in [5, 5.41) is 13.0. The summed E-state index contributed by atoms with van der Waals surface area (Å²) < 4.78 is 15.7. The second kappa shape index (κ2) is 10.5. The third-order valence-corrected chi connectivity index (χ3v) is 7.85. The van der Waals surface area contributed by atoms with Crippen molar-refractivity contribution >= 4 is 52.2 Å². The molecule has 188 valence electrons. The number of aromatic nitrogens is 1. The highest BCUT2D eigenvalue weighted by Crippen LogP contribution is 2.39. The van der Waals surface area contributed by atoms with Gasteiger partial charge in [-0.25, -0.2) is 0 Å². The predicted molar refractivity (Wildman–Crippen MR) is 138 cm³/mol. The van der Waals surface area contributed by atoms with E-state index in [1.54, 1.807) is 30.3 Å². The zero-order valence-corrected chi connectivity index (χ0v) is 21.4. The van der Waals surface area contributed by atoms with Crippen molar-refractivity contribution < 1.29 is 24.2 Å². The first-order valence-electron chi connectivity index (χ1n) is 11.6. The molecule has 11 heteroatoms. The van der Waals surface area contributed by atoms with Crippen LogP contribution in [0.2, 0.25) is 9.36 Å². The molecule has 0 spiro atoms. The molecular weight excluding hydrogens is 525 g/mol. The number of nitrogens with one attached hydrogen (secondary N) is 1. The molecule has 36 heavy (non-hydrogen) atoms. The second-order valence-electron chi connectivity index (χ2n) is 8.61. The lowest BCUT2D eigenvalue weighted by atomic mass is 10.0. The van der Waals surface area contributed by atoms with Gasteiger partial charge < -0.3 is 19.9 Å². The third kappa shape index (κ3) is 4.96. The van der Waals surface area contributed by atoms with Crippen molar-refractivity contribution in [3.05, 3.63) is 63.1 Å². The number of amides is 2. The molecule has 1 saturated carbocycles. The summed E-state index contributed by atoms with van der Waals surface area (Å²) in [6, 6.07) is 10.2. The second-order valence-corrected chi connectivity index (χ2v) is 10.4. The first-order chi connectivity index (χ1) is 17.4. The highest BCUT2D eigenvalue weighted by molar-refractivity contribution is 7.11. The number of carbonyl (C=O) groups is 2. The lowest BCUT2D eigenvalue weighted by Crippen LogP contribution is -2.46. The van der Waals surface area contributed by atoms with Crippen LogP contribution in [-0.2, 0) is 4.79 Å². The van der Waals surface area contributed by atoms with Crippen LogP contribution in [0.5, 0.6) is 17.2 Å². The van der Waals surface area contributed by atoms with Gasteiger partial charge in [-0.1, -0.05) is 48.2 Å². The Morgan fingerprint density at radius 1 is 1.06 bits per heavy atom. The zero-order chi connectivity index (χ0) is 25.2. The lowest BCUT2D eigenvalue weighted by molar-refractivity contribution is -0.123. The minimum atomic E-state index is -1.09. The van der Waals surface area contributed by atoms with Crippen LogP contribution in [0.1, 0.15) is 47.8 Å². The minimum absolute atomic E-state index is 0.0200. The van der Waals surface area contributed by atoms with E-state index in [4.69, 9.17) is 32.7 Å². The Kier molecular flexibility index (Phi) is 7.22. The van der Waals surface area contributed by atoms with E-state index < -0.39 is 11.9 Å². The number of benzene rings is 2. The van der Waals surface area contributed by atoms with Gasteiger partial charge in [-0.3, -0.25) is 14.5 Å². The molecule has 0 radical (unpaired) electrons. The number of nitrogens with zero attached hydrogens (tertiary/aromatic N) is 2. The summed E-state index contributed by atoms with van der Waals surface area (Å²) in [6.45, 7) is 0.781. The van der Waals surface area contributed by atoms with E-state index in [9.17, 15) is 14.7 Å². The van der Waals surface area contributed by atoms with Gasteiger partial charge in [0.25, 0.3) is 5.91 Å². The Balaban J connectivity index is 1.63. The minimum Gasteiger partial charge on any atom is -0.508 e. The fraction of sp³-hybridized carbons (Fsp3) is 0.320. The van der Waals surface area contributed by atoms with Crippen LogP contribution in [0.3, 0.4) is 0 Å². The Labute approximate surface area is 221 Å². The highest BCUT2D eigenvalue weighted by atomic mass is 35.5. The van der Waals surface area contributed by atoms with Crippen molar-refractivity contribution in [1.82, 2.24) is 9.69 Å². The maximum atomic E-state index is 14.0. The number of hydrogen-bond donors (Lipinski definition) is 2. The Morgan fingerprint density at radius 3 is 2.42 bits per heavy atom. The van der Waals surface area contributed by atoms with Crippen molar-refractivity contribution in [3.8, 4) is 17.2 Å². The highest BCUT2D eigenvalue weighted by Gasteiger charge is 2.37. The number of phenolic OH excluding ortho intramolecular Hbond substituents is 1. The summed E-state index contributed by atoms with van der Waals surface area (Å²) >= 11 is 13.3. The van der Waals surface area contributed by atoms with E-state index in [1.807, 2.05) is 0 Å². The van der Waals surface area contributed by atoms with Crippen LogP contribution in [0, 0.1) is 0 Å². The van der Waals surface area contributed by atoms with E-state index in [2.05, 4.69) is 9.69 Å². The van der Waals surface area contributed by atoms with Gasteiger partial charge in [0.2, 0.25) is 5.91 Å². The molecule has 5 rings (SSSR count). The van der Waals surface area contributed by atoms with Crippen molar-refractivity contribution in [1.29, 1.82) is 0 Å². The van der Waals surface area contributed by atoms with Crippen molar-refractivity contribution in [2.45, 2.75) is 37.8 Å². The molecule has 2 aliphatic rings. The molecule has 1 aliphatic heterocycles. The number of rotatable bonds is 6. The monoisotopic (exact) mass is 547 g/mol. The van der Waals surface area contributed by atoms with Gasteiger partial charge in [0.1, 0.15) is 34.4 Å². The van der Waals surface area contributed by atoms with E-state index in [-0.39, 0.29) is 32.8 Å². The normalized spacial score (nSPS) is 15.9. The molecule has 2 amide bonds. The molecular formula is C25H23Cl2N3O5S. The maximum Gasteiger partial charge on any atom is 0.280 e. The predicted octanol–water partition coefficient (Wildman–Crippen LogP) is 5.37. The summed E-state index contributed by atoms with van der Waals surface area (Å²) in [7, 11) is 0. The largest absolute Gasteiger partial charge is 0.508 e. The quantitative estimate of drug-likeness (QED) is 0.430. The van der Waals surface area contributed by atoms with Gasteiger partial charge in [0, 0.05) is 17.8 Å².